The van der Waals surface area contributed by atoms with Gasteiger partial charge in [-0.3, -0.25) is 9.69 Å². The summed E-state index contributed by atoms with van der Waals surface area (Å²) >= 11 is 1.66. The van der Waals surface area contributed by atoms with Crippen LogP contribution in [0.1, 0.15) is 41.5 Å². The average Bonchev–Trinajstić information content (AvgIpc) is 3.62. The van der Waals surface area contributed by atoms with Gasteiger partial charge in [0, 0.05) is 19.5 Å². The Labute approximate surface area is 205 Å². The second kappa shape index (κ2) is 10.7. The van der Waals surface area contributed by atoms with Crippen molar-refractivity contribution in [3.63, 3.8) is 0 Å². The molecule has 1 atom stereocenters. The maximum atomic E-state index is 13.3. The lowest BCUT2D eigenvalue weighted by molar-refractivity contribution is -0.135. The van der Waals surface area contributed by atoms with E-state index in [9.17, 15) is 4.79 Å². The lowest BCUT2D eigenvalue weighted by atomic mass is 9.96. The van der Waals surface area contributed by atoms with Crippen LogP contribution in [0.3, 0.4) is 0 Å². The van der Waals surface area contributed by atoms with Crippen LogP contribution in [0.5, 0.6) is 0 Å². The van der Waals surface area contributed by atoms with Crippen molar-refractivity contribution in [2.75, 3.05) is 33.2 Å². The predicted molar refractivity (Wildman–Crippen MR) is 136 cm³/mol. The standard InChI is InChI=1S/C27H32N4O2S/c1-29(18-21-7-3-2-4-8-21)19-22-11-13-30(14-12-22)20-27(32)31-24(25-9-5-15-33-25)17-23(28-31)26-10-6-16-34-26/h2-10,15-16,22,24H,11-14,17-20H2,1H3. The number of nitrogens with zero attached hydrogens (tertiary/aromatic N) is 4. The topological polar surface area (TPSA) is 52.3 Å². The third kappa shape index (κ3) is 5.49. The van der Waals surface area contributed by atoms with Crippen molar-refractivity contribution < 1.29 is 9.21 Å². The molecule has 0 spiro atoms. The summed E-state index contributed by atoms with van der Waals surface area (Å²) in [5.74, 6) is 1.52. The van der Waals surface area contributed by atoms with Gasteiger partial charge < -0.3 is 9.32 Å². The fraction of sp³-hybridized carbons (Fsp3) is 0.407. The van der Waals surface area contributed by atoms with Crippen LogP contribution in [0.2, 0.25) is 0 Å². The summed E-state index contributed by atoms with van der Waals surface area (Å²) in [6.07, 6.45) is 4.60. The van der Waals surface area contributed by atoms with Crippen molar-refractivity contribution in [1.82, 2.24) is 14.8 Å². The van der Waals surface area contributed by atoms with Gasteiger partial charge in [-0.15, -0.1) is 11.3 Å². The first-order chi connectivity index (χ1) is 16.7. The van der Waals surface area contributed by atoms with E-state index in [0.717, 1.165) is 55.4 Å². The molecule has 2 aromatic heterocycles. The number of furan rings is 1. The smallest absolute Gasteiger partial charge is 0.257 e. The van der Waals surface area contributed by atoms with Crippen molar-refractivity contribution in [3.8, 4) is 0 Å². The number of piperidine rings is 1. The van der Waals surface area contributed by atoms with E-state index in [1.54, 1.807) is 22.6 Å². The Morgan fingerprint density at radius 1 is 1.12 bits per heavy atom. The molecule has 1 amide bonds. The highest BCUT2D eigenvalue weighted by Gasteiger charge is 2.36. The summed E-state index contributed by atoms with van der Waals surface area (Å²) in [5.41, 5.74) is 2.32. The number of hydrogen-bond donors (Lipinski definition) is 0. The zero-order valence-corrected chi connectivity index (χ0v) is 20.5. The molecule has 178 valence electrons. The monoisotopic (exact) mass is 476 g/mol. The summed E-state index contributed by atoms with van der Waals surface area (Å²) in [4.78, 5) is 19.1. The molecule has 1 aromatic carbocycles. The van der Waals surface area contributed by atoms with Crippen molar-refractivity contribution in [3.05, 3.63) is 82.4 Å². The van der Waals surface area contributed by atoms with Gasteiger partial charge in [0.25, 0.3) is 5.91 Å². The SMILES string of the molecule is CN(Cc1ccccc1)CC1CCN(CC(=O)N2N=C(c3cccs3)CC2c2ccco2)CC1. The van der Waals surface area contributed by atoms with E-state index in [0.29, 0.717) is 18.9 Å². The van der Waals surface area contributed by atoms with Crippen molar-refractivity contribution in [1.29, 1.82) is 0 Å². The number of thiophene rings is 1. The van der Waals surface area contributed by atoms with Gasteiger partial charge >= 0.3 is 0 Å². The average molecular weight is 477 g/mol. The molecule has 0 saturated carbocycles. The predicted octanol–water partition coefficient (Wildman–Crippen LogP) is 4.86. The Kier molecular flexibility index (Phi) is 7.23. The Bertz CT molecular complexity index is 1070. The lowest BCUT2D eigenvalue weighted by Gasteiger charge is -2.34. The molecule has 0 N–H and O–H groups in total. The van der Waals surface area contributed by atoms with Gasteiger partial charge in [-0.1, -0.05) is 36.4 Å². The van der Waals surface area contributed by atoms with Gasteiger partial charge in [-0.05, 0) is 68.0 Å². The zero-order chi connectivity index (χ0) is 23.3. The minimum Gasteiger partial charge on any atom is -0.467 e. The minimum absolute atomic E-state index is 0.0487. The second-order valence-electron chi connectivity index (χ2n) is 9.40. The Morgan fingerprint density at radius 2 is 1.94 bits per heavy atom. The minimum atomic E-state index is -0.163. The van der Waals surface area contributed by atoms with Crippen LogP contribution in [0.4, 0.5) is 0 Å². The van der Waals surface area contributed by atoms with E-state index in [1.165, 1.54) is 5.56 Å². The first kappa shape index (κ1) is 23.0. The number of rotatable bonds is 8. The van der Waals surface area contributed by atoms with Gasteiger partial charge in [0.1, 0.15) is 11.8 Å². The number of hydrazone groups is 1. The van der Waals surface area contributed by atoms with Crippen LogP contribution in [-0.4, -0.2) is 59.7 Å². The molecule has 0 bridgehead atoms. The second-order valence-corrected chi connectivity index (χ2v) is 10.3. The molecule has 2 aliphatic heterocycles. The maximum Gasteiger partial charge on any atom is 0.257 e. The van der Waals surface area contributed by atoms with E-state index in [2.05, 4.69) is 53.2 Å². The van der Waals surface area contributed by atoms with Crippen LogP contribution >= 0.6 is 11.3 Å². The number of carbonyl (C=O) groups is 1. The van der Waals surface area contributed by atoms with E-state index < -0.39 is 0 Å². The quantitative estimate of drug-likeness (QED) is 0.466. The van der Waals surface area contributed by atoms with Crippen LogP contribution in [0.15, 0.2) is 75.8 Å². The van der Waals surface area contributed by atoms with E-state index in [-0.39, 0.29) is 11.9 Å². The molecule has 1 unspecified atom stereocenters. The fourth-order valence-electron chi connectivity index (χ4n) is 5.03. The molecule has 3 aromatic rings. The number of amides is 1. The highest BCUT2D eigenvalue weighted by atomic mass is 32.1. The Hall–Kier alpha value is -2.74. The van der Waals surface area contributed by atoms with Gasteiger partial charge in [0.2, 0.25) is 0 Å². The number of hydrogen-bond acceptors (Lipinski definition) is 6. The number of benzene rings is 1. The summed E-state index contributed by atoms with van der Waals surface area (Å²) in [5, 5.41) is 8.45. The zero-order valence-electron chi connectivity index (χ0n) is 19.7. The summed E-state index contributed by atoms with van der Waals surface area (Å²) in [7, 11) is 2.20. The molecule has 2 aliphatic rings. The van der Waals surface area contributed by atoms with Crippen LogP contribution in [-0.2, 0) is 11.3 Å². The van der Waals surface area contributed by atoms with Crippen LogP contribution in [0, 0.1) is 5.92 Å². The Balaban J connectivity index is 1.15. The molecule has 1 fully saturated rings. The molecule has 1 saturated heterocycles. The van der Waals surface area contributed by atoms with E-state index >= 15 is 0 Å². The van der Waals surface area contributed by atoms with Gasteiger partial charge in [0.05, 0.1) is 23.4 Å². The fourth-order valence-corrected chi connectivity index (χ4v) is 5.75. The molecule has 5 rings (SSSR count). The first-order valence-electron chi connectivity index (χ1n) is 12.1. The summed E-state index contributed by atoms with van der Waals surface area (Å²) in [6, 6.07) is 18.4. The van der Waals surface area contributed by atoms with E-state index in [4.69, 9.17) is 9.52 Å². The van der Waals surface area contributed by atoms with Crippen molar-refractivity contribution >= 4 is 23.0 Å². The number of carbonyl (C=O) groups excluding carboxylic acids is 1. The molecule has 6 nitrogen and oxygen atoms in total. The highest BCUT2D eigenvalue weighted by Crippen LogP contribution is 2.34. The third-order valence-electron chi connectivity index (χ3n) is 6.77. The van der Waals surface area contributed by atoms with Crippen LogP contribution in [0.25, 0.3) is 0 Å². The van der Waals surface area contributed by atoms with Gasteiger partial charge in [0.15, 0.2) is 0 Å². The number of likely N-dealkylation sites (tertiary alicyclic amines) is 1. The first-order valence-corrected chi connectivity index (χ1v) is 13.0. The Morgan fingerprint density at radius 3 is 2.65 bits per heavy atom. The van der Waals surface area contributed by atoms with E-state index in [1.807, 2.05) is 23.6 Å². The highest BCUT2D eigenvalue weighted by molar-refractivity contribution is 7.12. The van der Waals surface area contributed by atoms with Gasteiger partial charge in [-0.2, -0.15) is 5.10 Å². The molecule has 4 heterocycles. The summed E-state index contributed by atoms with van der Waals surface area (Å²) < 4.78 is 5.66. The molecule has 34 heavy (non-hydrogen) atoms. The molecule has 0 aliphatic carbocycles. The largest absolute Gasteiger partial charge is 0.467 e. The van der Waals surface area contributed by atoms with Crippen molar-refractivity contribution in [2.24, 2.45) is 11.0 Å². The molecular formula is C27H32N4O2S. The normalized spacial score (nSPS) is 19.6. The molecule has 7 heteroatoms. The molecule has 0 radical (unpaired) electrons. The molecular weight excluding hydrogens is 444 g/mol. The third-order valence-corrected chi connectivity index (χ3v) is 7.69. The van der Waals surface area contributed by atoms with Crippen molar-refractivity contribution in [2.45, 2.75) is 31.8 Å². The van der Waals surface area contributed by atoms with Crippen LogP contribution < -0.4 is 0 Å². The van der Waals surface area contributed by atoms with Gasteiger partial charge in [-0.25, -0.2) is 5.01 Å². The lowest BCUT2D eigenvalue weighted by Crippen LogP contribution is -2.43. The summed E-state index contributed by atoms with van der Waals surface area (Å²) in [6.45, 7) is 4.39. The maximum absolute atomic E-state index is 13.3.